The lowest BCUT2D eigenvalue weighted by molar-refractivity contribution is -0.136. The molecule has 204 valence electrons. The van der Waals surface area contributed by atoms with Crippen molar-refractivity contribution in [3.63, 3.8) is 0 Å². The van der Waals surface area contributed by atoms with E-state index in [1.165, 1.54) is 20.4 Å². The Bertz CT molecular complexity index is 1230. The lowest BCUT2D eigenvalue weighted by atomic mass is 9.95. The van der Waals surface area contributed by atoms with Gasteiger partial charge in [-0.25, -0.2) is 9.59 Å². The molecule has 2 aromatic carbocycles. The number of aliphatic hydroxyl groups excluding tert-OH is 1. The third kappa shape index (κ3) is 7.00. The zero-order chi connectivity index (χ0) is 27.8. The molecule has 1 heterocycles. The fraction of sp³-hybridized carbons (Fsp3) is 0.320. The average Bonchev–Trinajstić information content (AvgIpc) is 2.87. The summed E-state index contributed by atoms with van der Waals surface area (Å²) in [6.45, 7) is 3.58. The SMILES string of the molecule is CCOc1cc([C@H]2NC(=O)NC(C)=C2C(=O)OC)ccc1OC[C@@H](O)N/N=C\c1cc(Cl)c(OC)c(Cl)c1. The molecule has 2 atom stereocenters. The zero-order valence-electron chi connectivity index (χ0n) is 21.1. The molecule has 0 aromatic heterocycles. The summed E-state index contributed by atoms with van der Waals surface area (Å²) in [5, 5.41) is 20.2. The van der Waals surface area contributed by atoms with E-state index in [-0.39, 0.29) is 12.2 Å². The number of esters is 1. The highest BCUT2D eigenvalue weighted by Gasteiger charge is 2.32. The minimum absolute atomic E-state index is 0.169. The van der Waals surface area contributed by atoms with Gasteiger partial charge in [-0.15, -0.1) is 0 Å². The van der Waals surface area contributed by atoms with E-state index < -0.39 is 24.3 Å². The summed E-state index contributed by atoms with van der Waals surface area (Å²) in [4.78, 5) is 24.4. The van der Waals surface area contributed by atoms with E-state index in [9.17, 15) is 14.7 Å². The van der Waals surface area contributed by atoms with Crippen molar-refractivity contribution < 1.29 is 33.6 Å². The number of nitrogens with zero attached hydrogens (tertiary/aromatic N) is 1. The first kappa shape index (κ1) is 28.9. The number of hydrogen-bond donors (Lipinski definition) is 4. The van der Waals surface area contributed by atoms with E-state index in [2.05, 4.69) is 21.2 Å². The van der Waals surface area contributed by atoms with E-state index in [4.69, 9.17) is 42.1 Å². The van der Waals surface area contributed by atoms with Gasteiger partial charge in [0.2, 0.25) is 0 Å². The van der Waals surface area contributed by atoms with Crippen LogP contribution in [0.25, 0.3) is 0 Å². The molecule has 0 bridgehead atoms. The van der Waals surface area contributed by atoms with Gasteiger partial charge in [0.05, 0.1) is 48.7 Å². The minimum atomic E-state index is -1.16. The topological polar surface area (TPSA) is 140 Å². The smallest absolute Gasteiger partial charge is 0.337 e. The van der Waals surface area contributed by atoms with Crippen molar-refractivity contribution in [2.75, 3.05) is 27.4 Å². The number of allylic oxidation sites excluding steroid dienone is 1. The van der Waals surface area contributed by atoms with Crippen LogP contribution in [0.3, 0.4) is 0 Å². The largest absolute Gasteiger partial charge is 0.494 e. The molecule has 11 nitrogen and oxygen atoms in total. The summed E-state index contributed by atoms with van der Waals surface area (Å²) in [5.41, 5.74) is 4.37. The molecule has 0 saturated carbocycles. The van der Waals surface area contributed by atoms with Crippen LogP contribution >= 0.6 is 23.2 Å². The number of hydrazone groups is 1. The van der Waals surface area contributed by atoms with Crippen LogP contribution in [-0.4, -0.2) is 57.0 Å². The van der Waals surface area contributed by atoms with Gasteiger partial charge in [-0.1, -0.05) is 29.3 Å². The first-order valence-corrected chi connectivity index (χ1v) is 12.2. The van der Waals surface area contributed by atoms with Gasteiger partial charge in [0.15, 0.2) is 23.5 Å². The van der Waals surface area contributed by atoms with Gasteiger partial charge in [-0.3, -0.25) is 5.43 Å². The number of benzene rings is 2. The van der Waals surface area contributed by atoms with E-state index in [1.807, 2.05) is 0 Å². The molecule has 0 spiro atoms. The normalized spacial score (nSPS) is 16.0. The number of carbonyl (C=O) groups is 2. The Labute approximate surface area is 229 Å². The molecule has 2 amide bonds. The second-order valence-electron chi connectivity index (χ2n) is 7.93. The Balaban J connectivity index is 1.70. The molecule has 4 N–H and O–H groups in total. The van der Waals surface area contributed by atoms with Crippen LogP contribution in [0.1, 0.15) is 31.0 Å². The van der Waals surface area contributed by atoms with Crippen LogP contribution < -0.4 is 30.3 Å². The summed E-state index contributed by atoms with van der Waals surface area (Å²) < 4.78 is 21.4. The fourth-order valence-electron chi connectivity index (χ4n) is 3.67. The molecule has 0 radical (unpaired) electrons. The number of urea groups is 1. The number of hydrogen-bond acceptors (Lipinski definition) is 9. The Morgan fingerprint density at radius 3 is 2.53 bits per heavy atom. The predicted molar refractivity (Wildman–Crippen MR) is 142 cm³/mol. The van der Waals surface area contributed by atoms with E-state index in [0.29, 0.717) is 50.7 Å². The molecular weight excluding hydrogens is 539 g/mol. The highest BCUT2D eigenvalue weighted by molar-refractivity contribution is 6.37. The Morgan fingerprint density at radius 2 is 1.89 bits per heavy atom. The third-order valence-electron chi connectivity index (χ3n) is 5.33. The van der Waals surface area contributed by atoms with Gasteiger partial charge >= 0.3 is 12.0 Å². The Kier molecular flexibility index (Phi) is 10.1. The van der Waals surface area contributed by atoms with Crippen molar-refractivity contribution >= 4 is 41.4 Å². The van der Waals surface area contributed by atoms with E-state index in [1.54, 1.807) is 44.2 Å². The molecule has 0 saturated heterocycles. The van der Waals surface area contributed by atoms with Gasteiger partial charge in [-0.05, 0) is 49.2 Å². The number of methoxy groups -OCH3 is 2. The van der Waals surface area contributed by atoms with Gasteiger partial charge in [-0.2, -0.15) is 5.10 Å². The Hall–Kier alpha value is -3.67. The monoisotopic (exact) mass is 566 g/mol. The van der Waals surface area contributed by atoms with Crippen LogP contribution in [0.15, 0.2) is 46.7 Å². The molecule has 2 aromatic rings. The molecular formula is C25H28Cl2N4O7. The molecule has 0 aliphatic carbocycles. The van der Waals surface area contributed by atoms with Gasteiger partial charge < -0.3 is 34.7 Å². The molecule has 13 heteroatoms. The first-order chi connectivity index (χ1) is 18.2. The van der Waals surface area contributed by atoms with Crippen molar-refractivity contribution in [3.8, 4) is 17.2 Å². The maximum atomic E-state index is 12.4. The van der Waals surface area contributed by atoms with Gasteiger partial charge in [0, 0.05) is 5.70 Å². The maximum Gasteiger partial charge on any atom is 0.337 e. The van der Waals surface area contributed by atoms with Crippen LogP contribution in [0.5, 0.6) is 17.2 Å². The number of aliphatic hydroxyl groups is 1. The second-order valence-corrected chi connectivity index (χ2v) is 8.75. The summed E-state index contributed by atoms with van der Waals surface area (Å²) in [6.07, 6.45) is 0.271. The third-order valence-corrected chi connectivity index (χ3v) is 5.90. The predicted octanol–water partition coefficient (Wildman–Crippen LogP) is 3.52. The molecule has 1 aliphatic rings. The van der Waals surface area contributed by atoms with Gasteiger partial charge in [0.1, 0.15) is 6.61 Å². The molecule has 0 unspecified atom stereocenters. The van der Waals surface area contributed by atoms with Crippen molar-refractivity contribution in [3.05, 3.63) is 62.8 Å². The summed E-state index contributed by atoms with van der Waals surface area (Å²) >= 11 is 12.2. The number of ether oxygens (including phenoxy) is 4. The van der Waals surface area contributed by atoms with Crippen LogP contribution in [0.2, 0.25) is 10.0 Å². The Morgan fingerprint density at radius 1 is 1.18 bits per heavy atom. The van der Waals surface area contributed by atoms with Crippen LogP contribution in [-0.2, 0) is 9.53 Å². The highest BCUT2D eigenvalue weighted by atomic mass is 35.5. The number of nitrogens with one attached hydrogen (secondary N) is 3. The van der Waals surface area contributed by atoms with Crippen molar-refractivity contribution in [1.29, 1.82) is 0 Å². The molecule has 0 fully saturated rings. The van der Waals surface area contributed by atoms with E-state index in [0.717, 1.165) is 0 Å². The number of halogens is 2. The van der Waals surface area contributed by atoms with Crippen molar-refractivity contribution in [2.45, 2.75) is 26.1 Å². The zero-order valence-corrected chi connectivity index (χ0v) is 22.6. The van der Waals surface area contributed by atoms with Crippen LogP contribution in [0, 0.1) is 0 Å². The lowest BCUT2D eigenvalue weighted by Crippen LogP contribution is -2.45. The second kappa shape index (κ2) is 13.2. The standard InChI is InChI=1S/C25H28Cl2N4O7/c1-5-37-19-10-15(22-21(24(33)36-4)13(2)29-25(34)30-22)6-7-18(19)38-12-20(32)31-28-11-14-8-16(26)23(35-3)17(27)9-14/h6-11,20,22,31-32H,5,12H2,1-4H3,(H2,29,30,34)/b28-11-/t20-,22-/m1/s1. The minimum Gasteiger partial charge on any atom is -0.494 e. The molecule has 38 heavy (non-hydrogen) atoms. The highest BCUT2D eigenvalue weighted by Crippen LogP contribution is 2.35. The summed E-state index contributed by atoms with van der Waals surface area (Å²) in [6, 6.07) is 6.97. The summed E-state index contributed by atoms with van der Waals surface area (Å²) in [5.74, 6) is 0.484. The first-order valence-electron chi connectivity index (χ1n) is 11.4. The van der Waals surface area contributed by atoms with Crippen molar-refractivity contribution in [2.24, 2.45) is 5.10 Å². The van der Waals surface area contributed by atoms with Crippen molar-refractivity contribution in [1.82, 2.24) is 16.1 Å². The summed E-state index contributed by atoms with van der Waals surface area (Å²) in [7, 11) is 2.73. The van der Waals surface area contributed by atoms with Gasteiger partial charge in [0.25, 0.3) is 0 Å². The number of carbonyl (C=O) groups excluding carboxylic acids is 2. The van der Waals surface area contributed by atoms with Crippen LogP contribution in [0.4, 0.5) is 4.79 Å². The lowest BCUT2D eigenvalue weighted by Gasteiger charge is -2.28. The molecule has 1 aliphatic heterocycles. The number of amides is 2. The number of rotatable bonds is 11. The fourth-order valence-corrected chi connectivity index (χ4v) is 4.33. The molecule has 3 rings (SSSR count). The quantitative estimate of drug-likeness (QED) is 0.140. The maximum absolute atomic E-state index is 12.4. The average molecular weight is 567 g/mol. The van der Waals surface area contributed by atoms with E-state index >= 15 is 0 Å².